The van der Waals surface area contributed by atoms with Crippen LogP contribution in [0.25, 0.3) is 11.0 Å². The third-order valence-electron chi connectivity index (χ3n) is 5.85. The predicted octanol–water partition coefficient (Wildman–Crippen LogP) is 3.07. The number of nitrogens with one attached hydrogen (secondary N) is 1. The number of rotatable bonds is 4. The highest BCUT2D eigenvalue weighted by Gasteiger charge is 2.24. The van der Waals surface area contributed by atoms with Crippen LogP contribution in [0.4, 0.5) is 5.82 Å². The lowest BCUT2D eigenvalue weighted by molar-refractivity contribution is 0.0707. The average molecular weight is 343 g/mol. The Morgan fingerprint density at radius 3 is 2.56 bits per heavy atom. The van der Waals surface area contributed by atoms with Crippen molar-refractivity contribution in [3.63, 3.8) is 0 Å². The molecular weight excluding hydrogens is 314 g/mol. The molecule has 4 rings (SSSR count). The zero-order valence-corrected chi connectivity index (χ0v) is 15.3. The van der Waals surface area contributed by atoms with Gasteiger partial charge in [0.25, 0.3) is 0 Å². The molecule has 2 aliphatic rings. The van der Waals surface area contributed by atoms with Gasteiger partial charge in [-0.15, -0.1) is 0 Å². The van der Waals surface area contributed by atoms with Crippen molar-refractivity contribution in [1.29, 1.82) is 0 Å². The van der Waals surface area contributed by atoms with Crippen LogP contribution in [-0.2, 0) is 4.74 Å². The minimum Gasteiger partial charge on any atom is -0.381 e. The first-order valence-electron chi connectivity index (χ1n) is 9.54. The molecule has 0 radical (unpaired) electrons. The van der Waals surface area contributed by atoms with Crippen molar-refractivity contribution < 1.29 is 4.74 Å². The van der Waals surface area contributed by atoms with Crippen molar-refractivity contribution >= 4 is 16.9 Å². The van der Waals surface area contributed by atoms with Gasteiger partial charge in [-0.1, -0.05) is 0 Å². The number of ether oxygens (including phenoxy) is 1. The molecule has 0 bridgehead atoms. The second kappa shape index (κ2) is 7.30. The first-order chi connectivity index (χ1) is 12.2. The van der Waals surface area contributed by atoms with Crippen molar-refractivity contribution in [2.24, 2.45) is 0 Å². The van der Waals surface area contributed by atoms with Gasteiger partial charge in [-0.05, 0) is 58.7 Å². The van der Waals surface area contributed by atoms with E-state index in [-0.39, 0.29) is 0 Å². The van der Waals surface area contributed by atoms with Gasteiger partial charge in [0.05, 0.1) is 5.52 Å². The SMILES string of the molecule is CN(C)C1CCC(Nc2ncnc3ccn(C4CCOCC4)c23)CC1. The fraction of sp³-hybridized carbons (Fsp3) is 0.684. The van der Waals surface area contributed by atoms with Gasteiger partial charge >= 0.3 is 0 Å². The van der Waals surface area contributed by atoms with Gasteiger partial charge in [-0.2, -0.15) is 0 Å². The third-order valence-corrected chi connectivity index (χ3v) is 5.85. The Morgan fingerprint density at radius 2 is 1.84 bits per heavy atom. The lowest BCUT2D eigenvalue weighted by Crippen LogP contribution is -2.36. The summed E-state index contributed by atoms with van der Waals surface area (Å²) in [6.45, 7) is 1.69. The van der Waals surface area contributed by atoms with Gasteiger partial charge in [0.1, 0.15) is 11.8 Å². The standard InChI is InChI=1S/C19H29N5O/c1-23(2)15-5-3-14(4-6-15)22-19-18-17(20-13-21-19)7-10-24(18)16-8-11-25-12-9-16/h7,10,13-16H,3-6,8-9,11-12H2,1-2H3,(H,20,21,22). The smallest absolute Gasteiger partial charge is 0.154 e. The van der Waals surface area contributed by atoms with Crippen molar-refractivity contribution in [2.45, 2.75) is 56.7 Å². The molecule has 3 heterocycles. The third kappa shape index (κ3) is 3.51. The van der Waals surface area contributed by atoms with E-state index in [1.54, 1.807) is 6.33 Å². The van der Waals surface area contributed by atoms with Crippen LogP contribution >= 0.6 is 0 Å². The monoisotopic (exact) mass is 343 g/mol. The van der Waals surface area contributed by atoms with E-state index in [9.17, 15) is 0 Å². The molecule has 0 atom stereocenters. The molecule has 0 unspecified atom stereocenters. The Hall–Kier alpha value is -1.66. The number of hydrogen-bond acceptors (Lipinski definition) is 5. The van der Waals surface area contributed by atoms with E-state index < -0.39 is 0 Å². The summed E-state index contributed by atoms with van der Waals surface area (Å²) >= 11 is 0. The Balaban J connectivity index is 1.54. The summed E-state index contributed by atoms with van der Waals surface area (Å²) in [6.07, 6.45) is 10.9. The summed E-state index contributed by atoms with van der Waals surface area (Å²) < 4.78 is 7.89. The number of fused-ring (bicyclic) bond motifs is 1. The summed E-state index contributed by atoms with van der Waals surface area (Å²) in [5.41, 5.74) is 2.19. The minimum absolute atomic E-state index is 0.488. The van der Waals surface area contributed by atoms with Gasteiger partial charge in [0, 0.05) is 37.5 Å². The Bertz CT molecular complexity index is 699. The van der Waals surface area contributed by atoms with Crippen LogP contribution in [0.3, 0.4) is 0 Å². The maximum Gasteiger partial charge on any atom is 0.154 e. The maximum absolute atomic E-state index is 5.53. The molecule has 0 amide bonds. The van der Waals surface area contributed by atoms with Crippen LogP contribution < -0.4 is 5.32 Å². The summed E-state index contributed by atoms with van der Waals surface area (Å²) in [4.78, 5) is 11.4. The number of anilines is 1. The molecule has 0 aromatic carbocycles. The summed E-state index contributed by atoms with van der Waals surface area (Å²) in [7, 11) is 4.38. The first-order valence-corrected chi connectivity index (χ1v) is 9.54. The topological polar surface area (TPSA) is 55.2 Å². The van der Waals surface area contributed by atoms with Gasteiger partial charge in [0.2, 0.25) is 0 Å². The average Bonchev–Trinajstić information content (AvgIpc) is 3.08. The van der Waals surface area contributed by atoms with Gasteiger partial charge in [-0.3, -0.25) is 0 Å². The fourth-order valence-electron chi connectivity index (χ4n) is 4.30. The molecule has 2 aromatic rings. The molecule has 1 N–H and O–H groups in total. The Kier molecular flexibility index (Phi) is 4.90. The van der Waals surface area contributed by atoms with Crippen molar-refractivity contribution in [3.8, 4) is 0 Å². The first kappa shape index (κ1) is 16.8. The maximum atomic E-state index is 5.53. The van der Waals surface area contributed by atoms with Gasteiger partial charge < -0.3 is 19.5 Å². The largest absolute Gasteiger partial charge is 0.381 e. The Morgan fingerprint density at radius 1 is 1.08 bits per heavy atom. The van der Waals surface area contributed by atoms with E-state index >= 15 is 0 Å². The predicted molar refractivity (Wildman–Crippen MR) is 100.0 cm³/mol. The number of hydrogen-bond donors (Lipinski definition) is 1. The highest BCUT2D eigenvalue weighted by molar-refractivity contribution is 5.86. The van der Waals surface area contributed by atoms with Crippen molar-refractivity contribution in [1.82, 2.24) is 19.4 Å². The lowest BCUT2D eigenvalue weighted by atomic mass is 9.90. The van der Waals surface area contributed by atoms with Crippen LogP contribution in [0.2, 0.25) is 0 Å². The zero-order valence-electron chi connectivity index (χ0n) is 15.3. The van der Waals surface area contributed by atoms with E-state index in [1.165, 1.54) is 25.7 Å². The molecule has 1 saturated heterocycles. The van der Waals surface area contributed by atoms with Gasteiger partial charge in [0.15, 0.2) is 5.82 Å². The number of nitrogens with zero attached hydrogens (tertiary/aromatic N) is 4. The Labute approximate surface area is 149 Å². The van der Waals surface area contributed by atoms with Crippen LogP contribution in [0.5, 0.6) is 0 Å². The van der Waals surface area contributed by atoms with E-state index in [0.29, 0.717) is 12.1 Å². The molecule has 25 heavy (non-hydrogen) atoms. The molecule has 1 aliphatic carbocycles. The quantitative estimate of drug-likeness (QED) is 0.925. The molecule has 0 spiro atoms. The summed E-state index contributed by atoms with van der Waals surface area (Å²) in [6, 6.07) is 3.82. The number of aromatic nitrogens is 3. The van der Waals surface area contributed by atoms with Crippen LogP contribution in [-0.4, -0.2) is 58.8 Å². The lowest BCUT2D eigenvalue weighted by Gasteiger charge is -2.33. The van der Waals surface area contributed by atoms with Gasteiger partial charge in [-0.25, -0.2) is 9.97 Å². The van der Waals surface area contributed by atoms with E-state index in [2.05, 4.69) is 51.1 Å². The molecule has 6 heteroatoms. The highest BCUT2D eigenvalue weighted by atomic mass is 16.5. The fourth-order valence-corrected chi connectivity index (χ4v) is 4.30. The van der Waals surface area contributed by atoms with E-state index in [4.69, 9.17) is 4.74 Å². The highest BCUT2D eigenvalue weighted by Crippen LogP contribution is 2.31. The second-order valence-electron chi connectivity index (χ2n) is 7.64. The molecule has 1 aliphatic heterocycles. The zero-order chi connectivity index (χ0) is 17.2. The van der Waals surface area contributed by atoms with Crippen molar-refractivity contribution in [3.05, 3.63) is 18.6 Å². The molecular formula is C19H29N5O. The second-order valence-corrected chi connectivity index (χ2v) is 7.64. The van der Waals surface area contributed by atoms with E-state index in [1.807, 2.05) is 0 Å². The van der Waals surface area contributed by atoms with Crippen LogP contribution in [0, 0.1) is 0 Å². The molecule has 2 fully saturated rings. The summed E-state index contributed by atoms with van der Waals surface area (Å²) in [5.74, 6) is 0.995. The molecule has 6 nitrogen and oxygen atoms in total. The molecule has 2 aromatic heterocycles. The molecule has 136 valence electrons. The summed E-state index contributed by atoms with van der Waals surface area (Å²) in [5, 5.41) is 3.73. The van der Waals surface area contributed by atoms with E-state index in [0.717, 1.165) is 48.9 Å². The van der Waals surface area contributed by atoms with Crippen LogP contribution in [0.1, 0.15) is 44.6 Å². The normalized spacial score (nSPS) is 25.6. The van der Waals surface area contributed by atoms with Crippen LogP contribution in [0.15, 0.2) is 18.6 Å². The minimum atomic E-state index is 0.488. The van der Waals surface area contributed by atoms with Crippen molar-refractivity contribution in [2.75, 3.05) is 32.6 Å². The molecule has 1 saturated carbocycles.